The summed E-state index contributed by atoms with van der Waals surface area (Å²) < 4.78 is 24.7. The highest BCUT2D eigenvalue weighted by molar-refractivity contribution is 6.32. The van der Waals surface area contributed by atoms with Crippen molar-refractivity contribution in [3.8, 4) is 5.75 Å². The number of hydrogen-bond acceptors (Lipinski definition) is 3. The van der Waals surface area contributed by atoms with Crippen LogP contribution in [0.1, 0.15) is 52.6 Å². The van der Waals surface area contributed by atoms with E-state index in [-0.39, 0.29) is 16.8 Å². The van der Waals surface area contributed by atoms with E-state index in [1.54, 1.807) is 26.8 Å². The number of halogens is 2. The Bertz CT molecular complexity index is 596. The molecule has 1 aromatic rings. The molecule has 1 amide bonds. The van der Waals surface area contributed by atoms with Gasteiger partial charge >= 0.3 is 6.09 Å². The van der Waals surface area contributed by atoms with Gasteiger partial charge in [0.15, 0.2) is 0 Å². The molecule has 22 heavy (non-hydrogen) atoms. The molecule has 1 N–H and O–H groups in total. The molecule has 0 bridgehead atoms. The lowest BCUT2D eigenvalue weighted by Crippen LogP contribution is -2.43. The maximum Gasteiger partial charge on any atom is 0.408 e. The number of alkyl carbamates (subject to hydrolysis) is 1. The number of nitrogens with one attached hydrogen (secondary N) is 1. The summed E-state index contributed by atoms with van der Waals surface area (Å²) in [6.07, 6.45) is 0.00267. The minimum Gasteiger partial charge on any atom is -0.486 e. The van der Waals surface area contributed by atoms with Gasteiger partial charge in [-0.2, -0.15) is 0 Å². The average Bonchev–Trinajstić information content (AvgIpc) is 2.31. The molecule has 0 spiro atoms. The Labute approximate surface area is 134 Å². The molecule has 122 valence electrons. The molecule has 2 rings (SSSR count). The van der Waals surface area contributed by atoms with Crippen molar-refractivity contribution in [2.75, 3.05) is 0 Å². The Hall–Kier alpha value is -1.49. The van der Waals surface area contributed by atoms with Crippen LogP contribution in [0.5, 0.6) is 5.75 Å². The molecule has 0 radical (unpaired) electrons. The first kappa shape index (κ1) is 16.9. The molecule has 6 heteroatoms. The smallest absolute Gasteiger partial charge is 0.408 e. The summed E-state index contributed by atoms with van der Waals surface area (Å²) in [5, 5.41) is 2.74. The third-order valence-corrected chi connectivity index (χ3v) is 3.57. The van der Waals surface area contributed by atoms with Crippen LogP contribution in [0.25, 0.3) is 0 Å². The molecule has 4 nitrogen and oxygen atoms in total. The van der Waals surface area contributed by atoms with E-state index in [1.165, 1.54) is 6.07 Å². The van der Waals surface area contributed by atoms with Gasteiger partial charge in [-0.05, 0) is 40.7 Å². The summed E-state index contributed by atoms with van der Waals surface area (Å²) in [6.45, 7) is 9.10. The molecular formula is C16H21ClFNO3. The first-order valence-electron chi connectivity index (χ1n) is 7.15. The fourth-order valence-electron chi connectivity index (χ4n) is 2.42. The molecule has 0 unspecified atom stereocenters. The number of amides is 1. The molecule has 1 atom stereocenters. The predicted molar refractivity (Wildman–Crippen MR) is 82.8 cm³/mol. The van der Waals surface area contributed by atoms with Crippen LogP contribution in [-0.4, -0.2) is 17.3 Å². The quantitative estimate of drug-likeness (QED) is 0.818. The Morgan fingerprint density at radius 1 is 1.45 bits per heavy atom. The lowest BCUT2D eigenvalue weighted by molar-refractivity contribution is 0.0384. The molecule has 0 fully saturated rings. The van der Waals surface area contributed by atoms with Crippen LogP contribution in [0.2, 0.25) is 5.02 Å². The fraction of sp³-hybridized carbons (Fsp3) is 0.562. The summed E-state index contributed by atoms with van der Waals surface area (Å²) in [6, 6.07) is 2.49. The van der Waals surface area contributed by atoms with Crippen molar-refractivity contribution in [1.82, 2.24) is 5.32 Å². The maximum absolute atomic E-state index is 13.6. The normalized spacial score (nSPS) is 19.9. The second-order valence-electron chi connectivity index (χ2n) is 7.04. The summed E-state index contributed by atoms with van der Waals surface area (Å²) >= 11 is 6.00. The van der Waals surface area contributed by atoms with Gasteiger partial charge in [0.1, 0.15) is 27.8 Å². The number of carbonyl (C=O) groups is 1. The van der Waals surface area contributed by atoms with E-state index in [2.05, 4.69) is 5.32 Å². The third-order valence-electron chi connectivity index (χ3n) is 3.22. The highest BCUT2D eigenvalue weighted by atomic mass is 35.5. The zero-order chi connectivity index (χ0) is 16.7. The van der Waals surface area contributed by atoms with Gasteiger partial charge in [0.05, 0.1) is 6.04 Å². The number of ether oxygens (including phenoxy) is 2. The van der Waals surface area contributed by atoms with Gasteiger partial charge in [-0.25, -0.2) is 9.18 Å². The van der Waals surface area contributed by atoms with E-state index in [0.717, 1.165) is 0 Å². The summed E-state index contributed by atoms with van der Waals surface area (Å²) in [7, 11) is 0. The van der Waals surface area contributed by atoms with Crippen LogP contribution in [-0.2, 0) is 4.74 Å². The van der Waals surface area contributed by atoms with E-state index in [1.807, 2.05) is 13.8 Å². The van der Waals surface area contributed by atoms with Crippen molar-refractivity contribution in [1.29, 1.82) is 0 Å². The SMILES string of the molecule is CC(C)(C)OC(=O)N[C@@H]1CC(C)(C)Oc2c1ccc(F)c2Cl. The molecule has 1 aromatic carbocycles. The van der Waals surface area contributed by atoms with E-state index < -0.39 is 23.1 Å². The zero-order valence-corrected chi connectivity index (χ0v) is 14.2. The first-order valence-corrected chi connectivity index (χ1v) is 7.53. The van der Waals surface area contributed by atoms with Crippen molar-refractivity contribution in [3.05, 3.63) is 28.5 Å². The number of rotatable bonds is 1. The average molecular weight is 330 g/mol. The molecule has 0 saturated carbocycles. The lowest BCUT2D eigenvalue weighted by atomic mass is 9.89. The second-order valence-corrected chi connectivity index (χ2v) is 7.42. The van der Waals surface area contributed by atoms with Gasteiger partial charge in [-0.1, -0.05) is 17.7 Å². The summed E-state index contributed by atoms with van der Waals surface area (Å²) in [5.74, 6) is -0.270. The Morgan fingerprint density at radius 3 is 2.68 bits per heavy atom. The largest absolute Gasteiger partial charge is 0.486 e. The van der Waals surface area contributed by atoms with E-state index in [9.17, 15) is 9.18 Å². The van der Waals surface area contributed by atoms with Crippen molar-refractivity contribution < 1.29 is 18.7 Å². The monoisotopic (exact) mass is 329 g/mol. The van der Waals surface area contributed by atoms with Crippen molar-refractivity contribution in [2.24, 2.45) is 0 Å². The molecule has 1 aliphatic heterocycles. The molecule has 1 heterocycles. The Balaban J connectivity index is 2.30. The van der Waals surface area contributed by atoms with E-state index >= 15 is 0 Å². The van der Waals surface area contributed by atoms with E-state index in [0.29, 0.717) is 12.0 Å². The molecule has 0 saturated heterocycles. The molecule has 1 aliphatic rings. The van der Waals surface area contributed by atoms with Gasteiger partial charge in [0.25, 0.3) is 0 Å². The van der Waals surface area contributed by atoms with Crippen molar-refractivity contribution >= 4 is 17.7 Å². The van der Waals surface area contributed by atoms with Gasteiger partial charge in [0, 0.05) is 12.0 Å². The highest BCUT2D eigenvalue weighted by Gasteiger charge is 2.37. The first-order chi connectivity index (χ1) is 9.98. The Kier molecular flexibility index (Phi) is 4.30. The highest BCUT2D eigenvalue weighted by Crippen LogP contribution is 2.44. The minimum absolute atomic E-state index is 0.0683. The predicted octanol–water partition coefficient (Wildman–Crippen LogP) is 4.61. The number of hydrogen-bond donors (Lipinski definition) is 1. The van der Waals surface area contributed by atoms with Gasteiger partial charge < -0.3 is 14.8 Å². The van der Waals surface area contributed by atoms with Gasteiger partial charge in [0.2, 0.25) is 0 Å². The third kappa shape index (κ3) is 3.83. The van der Waals surface area contributed by atoms with Gasteiger partial charge in [-0.15, -0.1) is 0 Å². The van der Waals surface area contributed by atoms with Gasteiger partial charge in [-0.3, -0.25) is 0 Å². The number of fused-ring (bicyclic) bond motifs is 1. The fourth-order valence-corrected chi connectivity index (χ4v) is 2.63. The van der Waals surface area contributed by atoms with Crippen LogP contribution in [0, 0.1) is 5.82 Å². The standard InChI is InChI=1S/C16H21ClFNO3/c1-15(2,3)22-14(20)19-11-8-16(4,5)21-13-9(11)6-7-10(18)12(13)17/h6-7,11H,8H2,1-5H3,(H,19,20)/t11-/m1/s1. The van der Waals surface area contributed by atoms with Crippen molar-refractivity contribution in [3.63, 3.8) is 0 Å². The van der Waals surface area contributed by atoms with Crippen LogP contribution in [0.15, 0.2) is 12.1 Å². The minimum atomic E-state index is -0.589. The lowest BCUT2D eigenvalue weighted by Gasteiger charge is -2.38. The van der Waals surface area contributed by atoms with Crippen LogP contribution >= 0.6 is 11.6 Å². The second kappa shape index (κ2) is 5.61. The maximum atomic E-state index is 13.6. The van der Waals surface area contributed by atoms with Crippen LogP contribution in [0.3, 0.4) is 0 Å². The topological polar surface area (TPSA) is 47.6 Å². The zero-order valence-electron chi connectivity index (χ0n) is 13.4. The number of carbonyl (C=O) groups excluding carboxylic acids is 1. The van der Waals surface area contributed by atoms with Crippen LogP contribution in [0.4, 0.5) is 9.18 Å². The number of benzene rings is 1. The molecule has 0 aromatic heterocycles. The van der Waals surface area contributed by atoms with Crippen molar-refractivity contribution in [2.45, 2.75) is 58.3 Å². The Morgan fingerprint density at radius 2 is 2.09 bits per heavy atom. The van der Waals surface area contributed by atoms with Crippen LogP contribution < -0.4 is 10.1 Å². The molecule has 0 aliphatic carbocycles. The molecular weight excluding hydrogens is 309 g/mol. The summed E-state index contributed by atoms with van der Waals surface area (Å²) in [5.41, 5.74) is -0.519. The summed E-state index contributed by atoms with van der Waals surface area (Å²) in [4.78, 5) is 12.0. The van der Waals surface area contributed by atoms with E-state index in [4.69, 9.17) is 21.1 Å².